The van der Waals surface area contributed by atoms with E-state index >= 15 is 0 Å². The van der Waals surface area contributed by atoms with Gasteiger partial charge in [-0.15, -0.1) is 0 Å². The Hall–Kier alpha value is -1.00. The van der Waals surface area contributed by atoms with Crippen molar-refractivity contribution in [3.8, 4) is 0 Å². The lowest BCUT2D eigenvalue weighted by Crippen LogP contribution is -2.31. The van der Waals surface area contributed by atoms with Crippen molar-refractivity contribution in [3.63, 3.8) is 0 Å². The maximum absolute atomic E-state index is 9.76. The number of carboxylic acids is 1. The minimum absolute atomic E-state index is 0.190. The van der Waals surface area contributed by atoms with E-state index < -0.39 is 12.0 Å². The highest BCUT2D eigenvalue weighted by atomic mass is 32.1. The van der Waals surface area contributed by atoms with E-state index in [4.69, 9.17) is 10.8 Å². The van der Waals surface area contributed by atoms with Gasteiger partial charge in [-0.25, -0.2) is 0 Å². The normalized spacial score (nSPS) is 11.2. The van der Waals surface area contributed by atoms with Crippen LogP contribution < -0.4 is 5.73 Å². The van der Waals surface area contributed by atoms with E-state index in [0.29, 0.717) is 0 Å². The molecule has 0 aliphatic heterocycles. The molecule has 0 aliphatic carbocycles. The van der Waals surface area contributed by atoms with E-state index in [9.17, 15) is 4.79 Å². The molecule has 0 heterocycles. The fourth-order valence-corrected chi connectivity index (χ4v) is 0.822. The number of carboxylic acid groups (broad SMARTS) is 1. The Morgan fingerprint density at radius 1 is 1.53 bits per heavy atom. The number of hydrogen-bond donors (Lipinski definition) is 3. The summed E-state index contributed by atoms with van der Waals surface area (Å²) in [5.41, 5.74) is 7.31. The van der Waals surface area contributed by atoms with Crippen LogP contribution in [-0.2, 0) is 4.79 Å². The molecular weight excluding hydrogens is 210 g/mol. The molecule has 0 bridgehead atoms. The number of hydrogen-bond acceptors (Lipinski definition) is 3. The second-order valence-corrected chi connectivity index (χ2v) is 3.48. The zero-order chi connectivity index (χ0) is 11.8. The largest absolute Gasteiger partial charge is 0.480 e. The molecule has 1 aromatic carbocycles. The third-order valence-electron chi connectivity index (χ3n) is 1.63. The maximum Gasteiger partial charge on any atom is 0.321 e. The van der Waals surface area contributed by atoms with Crippen molar-refractivity contribution in [1.29, 1.82) is 0 Å². The molecule has 1 rings (SSSR count). The lowest BCUT2D eigenvalue weighted by atomic mass is 10.2. The van der Waals surface area contributed by atoms with Crippen LogP contribution in [0.5, 0.6) is 0 Å². The minimum atomic E-state index is -1.00. The molecule has 1 aromatic rings. The summed E-state index contributed by atoms with van der Waals surface area (Å²) in [5, 5.41) is 8.01. The first-order valence-corrected chi connectivity index (χ1v) is 5.08. The van der Waals surface area contributed by atoms with E-state index in [-0.39, 0.29) is 5.75 Å². The second-order valence-electron chi connectivity index (χ2n) is 3.11. The lowest BCUT2D eigenvalue weighted by molar-refractivity contribution is -0.137. The molecule has 0 saturated carbocycles. The molecule has 3 nitrogen and oxygen atoms in total. The second kappa shape index (κ2) is 7.31. The van der Waals surface area contributed by atoms with Crippen LogP contribution in [-0.4, -0.2) is 22.9 Å². The van der Waals surface area contributed by atoms with Crippen molar-refractivity contribution in [2.45, 2.75) is 13.0 Å². The SMILES string of the molecule is NC(CS)C(=O)O.[CH2]c1ccc(C)cc1. The van der Waals surface area contributed by atoms with Crippen LogP contribution >= 0.6 is 12.6 Å². The van der Waals surface area contributed by atoms with Gasteiger partial charge in [-0.3, -0.25) is 4.79 Å². The van der Waals surface area contributed by atoms with Crippen LogP contribution in [0.3, 0.4) is 0 Å². The van der Waals surface area contributed by atoms with Crippen molar-refractivity contribution < 1.29 is 9.90 Å². The van der Waals surface area contributed by atoms with Gasteiger partial charge in [0.2, 0.25) is 0 Å². The summed E-state index contributed by atoms with van der Waals surface area (Å²) in [7, 11) is 0. The average molecular weight is 226 g/mol. The topological polar surface area (TPSA) is 63.3 Å². The van der Waals surface area contributed by atoms with Crippen molar-refractivity contribution in [3.05, 3.63) is 42.3 Å². The molecule has 0 aliphatic rings. The quantitative estimate of drug-likeness (QED) is 0.670. The van der Waals surface area contributed by atoms with Crippen LogP contribution in [0.4, 0.5) is 0 Å². The molecule has 0 saturated heterocycles. The summed E-state index contributed by atoms with van der Waals surface area (Å²) in [6.45, 7) is 5.83. The van der Waals surface area contributed by atoms with Gasteiger partial charge in [0.1, 0.15) is 6.04 Å². The summed E-state index contributed by atoms with van der Waals surface area (Å²) in [4.78, 5) is 9.76. The van der Waals surface area contributed by atoms with Gasteiger partial charge in [0.15, 0.2) is 0 Å². The Bertz CT molecular complexity index is 277. The highest BCUT2D eigenvalue weighted by molar-refractivity contribution is 7.80. The molecular formula is C11H16NO2S. The number of thiol groups is 1. The van der Waals surface area contributed by atoms with Crippen LogP contribution in [0.2, 0.25) is 0 Å². The maximum atomic E-state index is 9.76. The molecule has 0 fully saturated rings. The van der Waals surface area contributed by atoms with Gasteiger partial charge >= 0.3 is 5.97 Å². The summed E-state index contributed by atoms with van der Waals surface area (Å²) in [6, 6.07) is 7.32. The van der Waals surface area contributed by atoms with Gasteiger partial charge < -0.3 is 10.8 Å². The molecule has 15 heavy (non-hydrogen) atoms. The average Bonchev–Trinajstić information content (AvgIpc) is 2.22. The summed E-state index contributed by atoms with van der Waals surface area (Å²) in [5.74, 6) is -0.815. The van der Waals surface area contributed by atoms with Crippen LogP contribution in [0.1, 0.15) is 11.1 Å². The molecule has 0 aromatic heterocycles. The Balaban J connectivity index is 0.000000265. The fourth-order valence-electron chi connectivity index (χ4n) is 0.666. The van der Waals surface area contributed by atoms with Crippen molar-refractivity contribution in [2.24, 2.45) is 5.73 Å². The van der Waals surface area contributed by atoms with E-state index in [1.165, 1.54) is 5.56 Å². The molecule has 1 radical (unpaired) electrons. The molecule has 0 spiro atoms. The number of benzene rings is 1. The predicted octanol–water partition coefficient (Wildman–Crippen LogP) is 1.51. The van der Waals surface area contributed by atoms with Gasteiger partial charge in [0.25, 0.3) is 0 Å². The monoisotopic (exact) mass is 226 g/mol. The highest BCUT2D eigenvalue weighted by Crippen LogP contribution is 1.99. The number of aryl methyl sites for hydroxylation is 1. The van der Waals surface area contributed by atoms with Crippen LogP contribution in [0, 0.1) is 13.8 Å². The first-order valence-electron chi connectivity index (χ1n) is 4.45. The molecule has 4 heteroatoms. The van der Waals surface area contributed by atoms with E-state index in [1.54, 1.807) is 0 Å². The van der Waals surface area contributed by atoms with Crippen molar-refractivity contribution in [2.75, 3.05) is 5.75 Å². The molecule has 1 atom stereocenters. The van der Waals surface area contributed by atoms with Gasteiger partial charge in [-0.2, -0.15) is 12.6 Å². The first-order chi connectivity index (χ1) is 6.97. The number of aliphatic carboxylic acids is 1. The smallest absolute Gasteiger partial charge is 0.321 e. The Kier molecular flexibility index (Phi) is 6.83. The highest BCUT2D eigenvalue weighted by Gasteiger charge is 2.06. The third-order valence-corrected chi connectivity index (χ3v) is 2.03. The summed E-state index contributed by atoms with van der Waals surface area (Å²) >= 11 is 3.65. The molecule has 0 amide bonds. The third kappa shape index (κ3) is 6.99. The van der Waals surface area contributed by atoms with Crippen LogP contribution in [0.25, 0.3) is 0 Å². The number of carbonyl (C=O) groups is 1. The molecule has 1 unspecified atom stereocenters. The molecule has 3 N–H and O–H groups in total. The van der Waals surface area contributed by atoms with Gasteiger partial charge in [0, 0.05) is 5.75 Å². The zero-order valence-corrected chi connectivity index (χ0v) is 9.58. The van der Waals surface area contributed by atoms with Crippen LogP contribution in [0.15, 0.2) is 24.3 Å². The Morgan fingerprint density at radius 2 is 2.00 bits per heavy atom. The van der Waals surface area contributed by atoms with E-state index in [2.05, 4.69) is 38.6 Å². The standard InChI is InChI=1S/C8H9.C3H7NO2S/c1-7-3-5-8(2)6-4-7;4-2(1-7)3(5)6/h3-6H,1H2,2H3;2,7H,1,4H2,(H,5,6). The Labute approximate surface area is 95.7 Å². The van der Waals surface area contributed by atoms with E-state index in [1.807, 2.05) is 12.1 Å². The van der Waals surface area contributed by atoms with Crippen molar-refractivity contribution in [1.82, 2.24) is 0 Å². The zero-order valence-electron chi connectivity index (χ0n) is 8.68. The first kappa shape index (κ1) is 14.0. The Morgan fingerprint density at radius 3 is 2.20 bits per heavy atom. The van der Waals surface area contributed by atoms with Gasteiger partial charge in [-0.05, 0) is 19.4 Å². The summed E-state index contributed by atoms with van der Waals surface area (Å²) in [6.07, 6.45) is 0. The summed E-state index contributed by atoms with van der Waals surface area (Å²) < 4.78 is 0. The minimum Gasteiger partial charge on any atom is -0.480 e. The number of nitrogens with two attached hydrogens (primary N) is 1. The predicted molar refractivity (Wildman–Crippen MR) is 65.1 cm³/mol. The van der Waals surface area contributed by atoms with Crippen molar-refractivity contribution >= 4 is 18.6 Å². The number of rotatable bonds is 2. The van der Waals surface area contributed by atoms with E-state index in [0.717, 1.165) is 5.56 Å². The molecule has 83 valence electrons. The van der Waals surface area contributed by atoms with Gasteiger partial charge in [-0.1, -0.05) is 29.8 Å². The fraction of sp³-hybridized carbons (Fsp3) is 0.273. The lowest BCUT2D eigenvalue weighted by Gasteiger charge is -1.96. The van der Waals surface area contributed by atoms with Gasteiger partial charge in [0.05, 0.1) is 0 Å².